The fourth-order valence-electron chi connectivity index (χ4n) is 3.41. The van der Waals surface area contributed by atoms with Crippen LogP contribution in [0, 0.1) is 5.92 Å². The zero-order valence-electron chi connectivity index (χ0n) is 14.7. The summed E-state index contributed by atoms with van der Waals surface area (Å²) in [6, 6.07) is 2.70. The quantitative estimate of drug-likeness (QED) is 0.569. The predicted molar refractivity (Wildman–Crippen MR) is 97.1 cm³/mol. The van der Waals surface area contributed by atoms with Gasteiger partial charge in [-0.3, -0.25) is 5.32 Å². The molecule has 1 aromatic heterocycles. The van der Waals surface area contributed by atoms with Gasteiger partial charge in [-0.2, -0.15) is 5.10 Å². The monoisotopic (exact) mass is 317 g/mol. The SMILES string of the molecule is C=CC(N[C@H]1CC[C@H](N)C1)n1nccc1N=C(C)C(CC)CC. The van der Waals surface area contributed by atoms with E-state index in [1.807, 2.05) is 16.8 Å². The number of nitrogens with one attached hydrogen (secondary N) is 1. The van der Waals surface area contributed by atoms with Gasteiger partial charge in [-0.05, 0) is 44.9 Å². The highest BCUT2D eigenvalue weighted by Crippen LogP contribution is 2.23. The van der Waals surface area contributed by atoms with Gasteiger partial charge in [0.15, 0.2) is 5.82 Å². The largest absolute Gasteiger partial charge is 0.328 e. The molecule has 3 atom stereocenters. The van der Waals surface area contributed by atoms with Gasteiger partial charge < -0.3 is 5.73 Å². The van der Waals surface area contributed by atoms with Crippen molar-refractivity contribution >= 4 is 11.5 Å². The van der Waals surface area contributed by atoms with Crippen LogP contribution in [0.15, 0.2) is 29.9 Å². The summed E-state index contributed by atoms with van der Waals surface area (Å²) in [5.74, 6) is 1.41. The highest BCUT2D eigenvalue weighted by molar-refractivity contribution is 5.86. The normalized spacial score (nSPS) is 23.4. The second-order valence-electron chi connectivity index (χ2n) is 6.52. The van der Waals surface area contributed by atoms with Crippen molar-refractivity contribution in [3.05, 3.63) is 24.9 Å². The zero-order valence-corrected chi connectivity index (χ0v) is 14.7. The molecule has 1 aliphatic carbocycles. The fourth-order valence-corrected chi connectivity index (χ4v) is 3.41. The third-order valence-corrected chi connectivity index (χ3v) is 4.88. The van der Waals surface area contributed by atoms with Crippen LogP contribution in [0.1, 0.15) is 59.0 Å². The van der Waals surface area contributed by atoms with E-state index >= 15 is 0 Å². The zero-order chi connectivity index (χ0) is 16.8. The third kappa shape index (κ3) is 4.52. The maximum absolute atomic E-state index is 6.01. The highest BCUT2D eigenvalue weighted by Gasteiger charge is 2.24. The topological polar surface area (TPSA) is 68.2 Å². The average molecular weight is 317 g/mol. The van der Waals surface area contributed by atoms with Crippen LogP contribution < -0.4 is 11.1 Å². The van der Waals surface area contributed by atoms with E-state index in [9.17, 15) is 0 Å². The van der Waals surface area contributed by atoms with Crippen LogP contribution in [0.2, 0.25) is 0 Å². The molecule has 23 heavy (non-hydrogen) atoms. The minimum absolute atomic E-state index is 0.0476. The first-order valence-electron chi connectivity index (χ1n) is 8.81. The van der Waals surface area contributed by atoms with Crippen LogP contribution in [-0.4, -0.2) is 27.6 Å². The average Bonchev–Trinajstić information content (AvgIpc) is 3.15. The van der Waals surface area contributed by atoms with Crippen molar-refractivity contribution in [3.8, 4) is 0 Å². The van der Waals surface area contributed by atoms with E-state index in [1.54, 1.807) is 6.20 Å². The molecule has 0 aliphatic heterocycles. The van der Waals surface area contributed by atoms with E-state index in [0.29, 0.717) is 18.0 Å². The Morgan fingerprint density at radius 3 is 2.83 bits per heavy atom. The molecule has 3 N–H and O–H groups in total. The summed E-state index contributed by atoms with van der Waals surface area (Å²) in [7, 11) is 0. The predicted octanol–water partition coefficient (Wildman–Crippen LogP) is 3.57. The van der Waals surface area contributed by atoms with Crippen LogP contribution in [0.25, 0.3) is 0 Å². The van der Waals surface area contributed by atoms with Crippen molar-refractivity contribution < 1.29 is 0 Å². The van der Waals surface area contributed by atoms with E-state index in [4.69, 9.17) is 10.7 Å². The Labute approximate surface area is 140 Å². The molecular formula is C18H31N5. The molecule has 1 aromatic rings. The number of hydrogen-bond donors (Lipinski definition) is 2. The highest BCUT2D eigenvalue weighted by atomic mass is 15.4. The van der Waals surface area contributed by atoms with Crippen molar-refractivity contribution in [3.63, 3.8) is 0 Å². The summed E-state index contributed by atoms with van der Waals surface area (Å²) in [5, 5.41) is 8.06. The molecule has 1 unspecified atom stereocenters. The molecule has 0 saturated heterocycles. The number of nitrogens with zero attached hydrogens (tertiary/aromatic N) is 3. The Morgan fingerprint density at radius 2 is 2.26 bits per heavy atom. The van der Waals surface area contributed by atoms with Crippen molar-refractivity contribution in [2.75, 3.05) is 0 Å². The van der Waals surface area contributed by atoms with Crippen molar-refractivity contribution in [1.29, 1.82) is 0 Å². The molecule has 2 rings (SSSR count). The maximum atomic E-state index is 6.01. The number of rotatable bonds is 8. The van der Waals surface area contributed by atoms with E-state index in [2.05, 4.69) is 37.8 Å². The van der Waals surface area contributed by atoms with Crippen molar-refractivity contribution in [2.45, 2.75) is 71.1 Å². The molecule has 5 heteroatoms. The first kappa shape index (κ1) is 17.9. The smallest absolute Gasteiger partial charge is 0.152 e. The Bertz CT molecular complexity index is 529. The minimum Gasteiger partial charge on any atom is -0.328 e. The third-order valence-electron chi connectivity index (χ3n) is 4.88. The number of aliphatic imine (C=N–C) groups is 1. The molecule has 0 aromatic carbocycles. The summed E-state index contributed by atoms with van der Waals surface area (Å²) in [6.45, 7) is 10.5. The molecular weight excluding hydrogens is 286 g/mol. The van der Waals surface area contributed by atoms with Crippen LogP contribution in [0.5, 0.6) is 0 Å². The molecule has 0 amide bonds. The van der Waals surface area contributed by atoms with E-state index in [-0.39, 0.29) is 6.17 Å². The number of hydrogen-bond acceptors (Lipinski definition) is 4. The molecule has 0 radical (unpaired) electrons. The standard InChI is InChI=1S/C18H31N5/c1-5-14(6-2)13(4)21-18-10-11-20-23(18)17(7-3)22-16-9-8-15(19)12-16/h7,10-11,14-17,22H,3,5-6,8-9,12,19H2,1-2,4H3/t15-,16-,17?/m0/s1. The lowest BCUT2D eigenvalue weighted by Gasteiger charge is -2.22. The maximum Gasteiger partial charge on any atom is 0.152 e. The van der Waals surface area contributed by atoms with Crippen LogP contribution in [0.4, 0.5) is 5.82 Å². The second-order valence-corrected chi connectivity index (χ2v) is 6.52. The van der Waals surface area contributed by atoms with E-state index in [0.717, 1.165) is 37.9 Å². The lowest BCUT2D eigenvalue weighted by atomic mass is 9.99. The summed E-state index contributed by atoms with van der Waals surface area (Å²) >= 11 is 0. The van der Waals surface area contributed by atoms with Gasteiger partial charge in [0.05, 0.1) is 6.20 Å². The lowest BCUT2D eigenvalue weighted by molar-refractivity contribution is 0.382. The molecule has 0 bridgehead atoms. The van der Waals surface area contributed by atoms with Gasteiger partial charge in [-0.15, -0.1) is 0 Å². The molecule has 5 nitrogen and oxygen atoms in total. The summed E-state index contributed by atoms with van der Waals surface area (Å²) in [6.07, 6.45) is 9.08. The first-order valence-corrected chi connectivity index (χ1v) is 8.81. The van der Waals surface area contributed by atoms with Gasteiger partial charge in [-0.1, -0.05) is 26.5 Å². The van der Waals surface area contributed by atoms with Crippen LogP contribution in [-0.2, 0) is 0 Å². The second kappa shape index (κ2) is 8.41. The van der Waals surface area contributed by atoms with Gasteiger partial charge >= 0.3 is 0 Å². The molecule has 0 spiro atoms. The number of nitrogens with two attached hydrogens (primary N) is 1. The van der Waals surface area contributed by atoms with Gasteiger partial charge in [0.1, 0.15) is 6.17 Å². The molecule has 1 saturated carbocycles. The van der Waals surface area contributed by atoms with Gasteiger partial charge in [0, 0.05) is 23.9 Å². The van der Waals surface area contributed by atoms with Gasteiger partial charge in [0.2, 0.25) is 0 Å². The Kier molecular flexibility index (Phi) is 6.54. The molecule has 1 heterocycles. The van der Waals surface area contributed by atoms with E-state index < -0.39 is 0 Å². The van der Waals surface area contributed by atoms with Crippen LogP contribution in [0.3, 0.4) is 0 Å². The molecule has 1 fully saturated rings. The van der Waals surface area contributed by atoms with Gasteiger partial charge in [-0.25, -0.2) is 9.67 Å². The fraction of sp³-hybridized carbons (Fsp3) is 0.667. The molecule has 1 aliphatic rings. The Balaban J connectivity index is 2.14. The summed E-state index contributed by atoms with van der Waals surface area (Å²) in [4.78, 5) is 4.82. The number of aromatic nitrogens is 2. The van der Waals surface area contributed by atoms with Crippen molar-refractivity contribution in [2.24, 2.45) is 16.6 Å². The Hall–Kier alpha value is -1.46. The minimum atomic E-state index is -0.0476. The van der Waals surface area contributed by atoms with Crippen molar-refractivity contribution in [1.82, 2.24) is 15.1 Å². The van der Waals surface area contributed by atoms with Gasteiger partial charge in [0.25, 0.3) is 0 Å². The van der Waals surface area contributed by atoms with Crippen LogP contribution >= 0.6 is 0 Å². The van der Waals surface area contributed by atoms with E-state index in [1.165, 1.54) is 5.71 Å². The lowest BCUT2D eigenvalue weighted by Crippen LogP contribution is -2.34. The Morgan fingerprint density at radius 1 is 1.52 bits per heavy atom. The summed E-state index contributed by atoms with van der Waals surface area (Å²) in [5.41, 5.74) is 7.18. The molecule has 128 valence electrons. The first-order chi connectivity index (χ1) is 11.1. The summed E-state index contributed by atoms with van der Waals surface area (Å²) < 4.78 is 1.92.